The van der Waals surface area contributed by atoms with Crippen molar-refractivity contribution >= 4 is 17.7 Å². The van der Waals surface area contributed by atoms with Crippen molar-refractivity contribution in [1.29, 1.82) is 0 Å². The molecule has 0 radical (unpaired) electrons. The lowest BCUT2D eigenvalue weighted by Crippen LogP contribution is -2.36. The number of fused-ring (bicyclic) bond motifs is 1. The fraction of sp³-hybridized carbons (Fsp3) is 0.143. The first kappa shape index (κ1) is 7.66. The maximum Gasteiger partial charge on any atom is 0.354 e. The minimum atomic E-state index is -1.07. The molecule has 0 bridgehead atoms. The molecular formula is C7H7N3O3. The molecule has 0 spiro atoms. The Labute approximate surface area is 73.1 Å². The fourth-order valence-electron chi connectivity index (χ4n) is 1.20. The van der Waals surface area contributed by atoms with E-state index >= 15 is 0 Å². The number of aromatic carboxylic acids is 1. The number of hydrogen-bond donors (Lipinski definition) is 3. The molecule has 0 aromatic carbocycles. The second-order valence-electron chi connectivity index (χ2n) is 2.63. The van der Waals surface area contributed by atoms with Gasteiger partial charge in [0.2, 0.25) is 0 Å². The minimum absolute atomic E-state index is 0.0375. The fourth-order valence-corrected chi connectivity index (χ4v) is 1.20. The Morgan fingerprint density at radius 3 is 3.00 bits per heavy atom. The van der Waals surface area contributed by atoms with E-state index in [1.54, 1.807) is 6.07 Å². The maximum atomic E-state index is 10.9. The van der Waals surface area contributed by atoms with Gasteiger partial charge in [0.25, 0.3) is 5.91 Å². The highest BCUT2D eigenvalue weighted by Crippen LogP contribution is 2.14. The standard InChI is InChI=1S/C7H7N3O3/c11-6-3-8-5-2-1-4(7(12)13)10(5)9-6/h1-2,8H,3H2,(H,9,11)(H,12,13). The van der Waals surface area contributed by atoms with E-state index in [2.05, 4.69) is 10.7 Å². The Kier molecular flexibility index (Phi) is 1.48. The van der Waals surface area contributed by atoms with Gasteiger partial charge in [0.15, 0.2) is 0 Å². The summed E-state index contributed by atoms with van der Waals surface area (Å²) in [6.45, 7) is 0.170. The molecule has 1 amide bonds. The van der Waals surface area contributed by atoms with Crippen LogP contribution in [-0.2, 0) is 4.79 Å². The van der Waals surface area contributed by atoms with E-state index in [0.29, 0.717) is 5.82 Å². The predicted molar refractivity (Wildman–Crippen MR) is 44.2 cm³/mol. The van der Waals surface area contributed by atoms with Crippen LogP contribution in [-0.4, -0.2) is 28.2 Å². The summed E-state index contributed by atoms with van der Waals surface area (Å²) in [4.78, 5) is 21.6. The van der Waals surface area contributed by atoms with Crippen molar-refractivity contribution < 1.29 is 14.7 Å². The lowest BCUT2D eigenvalue weighted by Gasteiger charge is -2.18. The molecule has 1 aliphatic rings. The van der Waals surface area contributed by atoms with Crippen molar-refractivity contribution in [3.05, 3.63) is 17.8 Å². The molecule has 2 rings (SSSR count). The molecule has 6 heteroatoms. The molecule has 1 aromatic heterocycles. The van der Waals surface area contributed by atoms with E-state index in [4.69, 9.17) is 5.11 Å². The molecule has 13 heavy (non-hydrogen) atoms. The monoisotopic (exact) mass is 181 g/mol. The first-order chi connectivity index (χ1) is 6.18. The van der Waals surface area contributed by atoms with E-state index in [1.165, 1.54) is 10.7 Å². The van der Waals surface area contributed by atoms with E-state index in [-0.39, 0.29) is 18.1 Å². The zero-order chi connectivity index (χ0) is 9.42. The first-order valence-electron chi connectivity index (χ1n) is 3.67. The van der Waals surface area contributed by atoms with E-state index < -0.39 is 5.97 Å². The first-order valence-corrected chi connectivity index (χ1v) is 3.67. The quantitative estimate of drug-likeness (QED) is 0.554. The van der Waals surface area contributed by atoms with E-state index in [9.17, 15) is 9.59 Å². The van der Waals surface area contributed by atoms with Gasteiger partial charge in [-0.3, -0.25) is 10.2 Å². The molecule has 0 unspecified atom stereocenters. The van der Waals surface area contributed by atoms with Crippen molar-refractivity contribution in [3.8, 4) is 0 Å². The van der Waals surface area contributed by atoms with Gasteiger partial charge in [0, 0.05) is 0 Å². The van der Waals surface area contributed by atoms with Gasteiger partial charge in [0.1, 0.15) is 11.5 Å². The predicted octanol–water partition coefficient (Wildman–Crippen LogP) is -0.318. The topological polar surface area (TPSA) is 83.4 Å². The second kappa shape index (κ2) is 2.51. The van der Waals surface area contributed by atoms with Crippen LogP contribution < -0.4 is 10.7 Å². The molecule has 0 atom stereocenters. The third-order valence-electron chi connectivity index (χ3n) is 1.77. The average molecular weight is 181 g/mol. The summed E-state index contributed by atoms with van der Waals surface area (Å²) in [5, 5.41) is 11.5. The Morgan fingerprint density at radius 2 is 2.31 bits per heavy atom. The molecular weight excluding hydrogens is 174 g/mol. The Morgan fingerprint density at radius 1 is 1.54 bits per heavy atom. The van der Waals surface area contributed by atoms with Gasteiger partial charge < -0.3 is 10.4 Å². The van der Waals surface area contributed by atoms with Crippen molar-refractivity contribution in [1.82, 2.24) is 4.68 Å². The van der Waals surface area contributed by atoms with Gasteiger partial charge >= 0.3 is 5.97 Å². The average Bonchev–Trinajstić information content (AvgIpc) is 2.46. The van der Waals surface area contributed by atoms with Gasteiger partial charge in [-0.05, 0) is 12.1 Å². The number of carbonyl (C=O) groups is 2. The van der Waals surface area contributed by atoms with Crippen molar-refractivity contribution in [2.75, 3.05) is 17.3 Å². The number of amides is 1. The van der Waals surface area contributed by atoms with Gasteiger partial charge in [-0.2, -0.15) is 0 Å². The van der Waals surface area contributed by atoms with Crippen molar-refractivity contribution in [2.24, 2.45) is 0 Å². The highest BCUT2D eigenvalue weighted by atomic mass is 16.4. The summed E-state index contributed by atoms with van der Waals surface area (Å²) in [7, 11) is 0. The van der Waals surface area contributed by atoms with E-state index in [1.807, 2.05) is 0 Å². The highest BCUT2D eigenvalue weighted by molar-refractivity contribution is 5.94. The molecule has 2 heterocycles. The third-order valence-corrected chi connectivity index (χ3v) is 1.77. The molecule has 1 aliphatic heterocycles. The number of nitrogens with zero attached hydrogens (tertiary/aromatic N) is 1. The van der Waals surface area contributed by atoms with Crippen LogP contribution in [0.2, 0.25) is 0 Å². The zero-order valence-electron chi connectivity index (χ0n) is 6.57. The SMILES string of the molecule is O=C1CNc2ccc(C(=O)O)n2N1. The van der Waals surface area contributed by atoms with Crippen LogP contribution >= 0.6 is 0 Å². The Bertz CT molecular complexity index is 382. The van der Waals surface area contributed by atoms with Crippen molar-refractivity contribution in [3.63, 3.8) is 0 Å². The molecule has 0 saturated carbocycles. The normalized spacial score (nSPS) is 14.3. The summed E-state index contributed by atoms with van der Waals surface area (Å²) < 4.78 is 1.22. The lowest BCUT2D eigenvalue weighted by atomic mass is 10.4. The van der Waals surface area contributed by atoms with Crippen LogP contribution in [0, 0.1) is 0 Å². The summed E-state index contributed by atoms with van der Waals surface area (Å²) >= 11 is 0. The van der Waals surface area contributed by atoms with Gasteiger partial charge in [-0.1, -0.05) is 0 Å². The van der Waals surface area contributed by atoms with Crippen LogP contribution in [0.15, 0.2) is 12.1 Å². The minimum Gasteiger partial charge on any atom is -0.477 e. The van der Waals surface area contributed by atoms with Crippen LogP contribution in [0.3, 0.4) is 0 Å². The number of carboxylic acids is 1. The smallest absolute Gasteiger partial charge is 0.354 e. The number of nitrogens with one attached hydrogen (secondary N) is 2. The Balaban J connectivity index is 2.46. The number of rotatable bonds is 1. The van der Waals surface area contributed by atoms with Gasteiger partial charge in [-0.15, -0.1) is 0 Å². The molecule has 0 aliphatic carbocycles. The second-order valence-corrected chi connectivity index (χ2v) is 2.63. The van der Waals surface area contributed by atoms with Crippen LogP contribution in [0.4, 0.5) is 5.82 Å². The van der Waals surface area contributed by atoms with Crippen LogP contribution in [0.1, 0.15) is 10.5 Å². The molecule has 6 nitrogen and oxygen atoms in total. The zero-order valence-corrected chi connectivity index (χ0v) is 6.57. The molecule has 0 fully saturated rings. The van der Waals surface area contributed by atoms with Crippen LogP contribution in [0.25, 0.3) is 0 Å². The lowest BCUT2D eigenvalue weighted by molar-refractivity contribution is -0.115. The number of anilines is 1. The molecule has 68 valence electrons. The highest BCUT2D eigenvalue weighted by Gasteiger charge is 2.19. The molecule has 3 N–H and O–H groups in total. The van der Waals surface area contributed by atoms with Crippen LogP contribution in [0.5, 0.6) is 0 Å². The third kappa shape index (κ3) is 1.12. The number of carboxylic acid groups (broad SMARTS) is 1. The molecule has 1 aromatic rings. The summed E-state index contributed by atoms with van der Waals surface area (Å²) in [6.07, 6.45) is 0. The summed E-state index contributed by atoms with van der Waals surface area (Å²) in [5.74, 6) is -0.751. The van der Waals surface area contributed by atoms with Crippen molar-refractivity contribution in [2.45, 2.75) is 0 Å². The van der Waals surface area contributed by atoms with Gasteiger partial charge in [-0.25, -0.2) is 9.47 Å². The number of aromatic nitrogens is 1. The number of hydrogen-bond acceptors (Lipinski definition) is 3. The Hall–Kier alpha value is -1.98. The number of carbonyl (C=O) groups excluding carboxylic acids is 1. The van der Waals surface area contributed by atoms with Gasteiger partial charge in [0.05, 0.1) is 6.54 Å². The summed E-state index contributed by atoms with van der Waals surface area (Å²) in [5.41, 5.74) is 2.46. The maximum absolute atomic E-state index is 10.9. The van der Waals surface area contributed by atoms with E-state index in [0.717, 1.165) is 0 Å². The molecule has 0 saturated heterocycles. The largest absolute Gasteiger partial charge is 0.477 e. The summed E-state index contributed by atoms with van der Waals surface area (Å²) in [6, 6.07) is 3.03.